The first-order valence-corrected chi connectivity index (χ1v) is 26.3. The van der Waals surface area contributed by atoms with Gasteiger partial charge in [0.2, 0.25) is 11.4 Å². The molecule has 0 spiro atoms. The zero-order valence-electron chi connectivity index (χ0n) is 39.7. The molecule has 2 nitrogen and oxygen atoms in total. The lowest BCUT2D eigenvalue weighted by Crippen LogP contribution is -2.03. The molecule has 1 heterocycles. The Morgan fingerprint density at radius 1 is 0.322 bits per heavy atom. The molecule has 3 rings (SSSR count). The van der Waals surface area contributed by atoms with E-state index < -0.39 is 0 Å². The van der Waals surface area contributed by atoms with Gasteiger partial charge in [-0.3, -0.25) is 0 Å². The fourth-order valence-corrected chi connectivity index (χ4v) is 9.51. The third-order valence-electron chi connectivity index (χ3n) is 13.2. The summed E-state index contributed by atoms with van der Waals surface area (Å²) in [5, 5.41) is 0. The van der Waals surface area contributed by atoms with Crippen LogP contribution in [0.25, 0.3) is 16.9 Å². The van der Waals surface area contributed by atoms with Crippen molar-refractivity contribution in [3.05, 3.63) is 87.5 Å². The van der Waals surface area contributed by atoms with Gasteiger partial charge in [0.05, 0.1) is 0 Å². The topological polar surface area (TPSA) is 25.3 Å². The first-order chi connectivity index (χ1) is 29.1. The highest BCUT2D eigenvalue weighted by Gasteiger charge is 2.35. The minimum atomic E-state index is 1.04. The molecule has 0 saturated heterocycles. The maximum absolute atomic E-state index is 12.4. The first-order valence-electron chi connectivity index (χ1n) is 26.3. The molecule has 0 bridgehead atoms. The Balaban J connectivity index is 1.69. The summed E-state index contributed by atoms with van der Waals surface area (Å²) < 4.78 is 1.64. The summed E-state index contributed by atoms with van der Waals surface area (Å²) in [5.41, 5.74) is 22.6. The molecular weight excluding hydrogens is 713 g/mol. The van der Waals surface area contributed by atoms with Gasteiger partial charge >= 0.3 is 0 Å². The molecule has 1 aliphatic rings. The molecule has 0 unspecified atom stereocenters. The average molecular weight is 807 g/mol. The van der Waals surface area contributed by atoms with Crippen LogP contribution < -0.4 is 0 Å². The van der Waals surface area contributed by atoms with Crippen molar-refractivity contribution < 1.29 is 4.70 Å². The van der Waals surface area contributed by atoms with Crippen molar-refractivity contribution in [2.24, 2.45) is 0 Å². The van der Waals surface area contributed by atoms with Crippen LogP contribution in [0, 0.1) is 0 Å². The minimum absolute atomic E-state index is 1.04. The number of benzene rings is 2. The molecular formula is C57H94N2. The molecule has 0 N–H and O–H groups in total. The molecule has 0 amide bonds. The van der Waals surface area contributed by atoms with Crippen LogP contribution in [0.3, 0.4) is 0 Å². The van der Waals surface area contributed by atoms with Crippen LogP contribution in [0.4, 0.5) is 0 Å². The van der Waals surface area contributed by atoms with Crippen LogP contribution in [0.5, 0.6) is 0 Å². The number of aryl methyl sites for hydroxylation is 2. The molecule has 1 aliphatic heterocycles. The smallest absolute Gasteiger partial charge is 0.211 e. The summed E-state index contributed by atoms with van der Waals surface area (Å²) in [6.45, 7) is 9.21. The lowest BCUT2D eigenvalue weighted by atomic mass is 9.90. The number of unbranched alkanes of at least 4 members (excludes halogenated alkanes) is 29. The normalized spacial score (nSPS) is 13.1. The number of hydrogen-bond donors (Lipinski definition) is 0. The van der Waals surface area contributed by atoms with Crippen LogP contribution in [-0.4, -0.2) is 4.70 Å². The van der Waals surface area contributed by atoms with E-state index in [1.54, 1.807) is 4.70 Å². The van der Waals surface area contributed by atoms with Crippen LogP contribution >= 0.6 is 0 Å². The number of allylic oxidation sites excluding steroid dienone is 2. The van der Waals surface area contributed by atoms with Crippen molar-refractivity contribution in [3.63, 3.8) is 0 Å². The van der Waals surface area contributed by atoms with Crippen molar-refractivity contribution in [2.45, 2.75) is 265 Å². The van der Waals surface area contributed by atoms with E-state index in [0.717, 1.165) is 37.1 Å². The molecule has 0 radical (unpaired) electrons. The van der Waals surface area contributed by atoms with Crippen LogP contribution in [0.2, 0.25) is 0 Å². The predicted molar refractivity (Wildman–Crippen MR) is 262 cm³/mol. The highest BCUT2D eigenvalue weighted by molar-refractivity contribution is 5.82. The Hall–Kier alpha value is -2.48. The fourth-order valence-electron chi connectivity index (χ4n) is 9.51. The van der Waals surface area contributed by atoms with E-state index in [4.69, 9.17) is 0 Å². The maximum atomic E-state index is 12.4. The monoisotopic (exact) mass is 807 g/mol. The third-order valence-corrected chi connectivity index (χ3v) is 13.2. The molecule has 0 fully saturated rings. The van der Waals surface area contributed by atoms with E-state index >= 15 is 0 Å². The number of nitrogens with zero attached hydrogens (tertiary/aromatic N) is 2. The van der Waals surface area contributed by atoms with Gasteiger partial charge in [0.25, 0.3) is 0 Å². The second-order valence-corrected chi connectivity index (χ2v) is 18.6. The zero-order chi connectivity index (χ0) is 42.0. The summed E-state index contributed by atoms with van der Waals surface area (Å²) >= 11 is 0. The van der Waals surface area contributed by atoms with Crippen molar-refractivity contribution in [2.75, 3.05) is 0 Å². The summed E-state index contributed by atoms with van der Waals surface area (Å²) in [6.07, 6.45) is 48.9. The van der Waals surface area contributed by atoms with Crippen LogP contribution in [-0.2, 0) is 12.8 Å². The highest BCUT2D eigenvalue weighted by Crippen LogP contribution is 2.45. The second-order valence-electron chi connectivity index (χ2n) is 18.6. The van der Waals surface area contributed by atoms with E-state index in [2.05, 4.69) is 76.2 Å². The third kappa shape index (κ3) is 21.2. The Labute approximate surface area is 367 Å². The van der Waals surface area contributed by atoms with E-state index in [1.165, 1.54) is 245 Å². The van der Waals surface area contributed by atoms with Gasteiger partial charge in [0.15, 0.2) is 0 Å². The molecule has 0 aromatic heterocycles. The summed E-state index contributed by atoms with van der Waals surface area (Å²) in [6, 6.07) is 18.5. The van der Waals surface area contributed by atoms with Crippen molar-refractivity contribution in [1.82, 2.24) is 0 Å². The largest absolute Gasteiger partial charge is 0.493 e. The van der Waals surface area contributed by atoms with Gasteiger partial charge in [-0.1, -0.05) is 238 Å². The van der Waals surface area contributed by atoms with E-state index in [-0.39, 0.29) is 0 Å². The quantitative estimate of drug-likeness (QED) is 0.0475. The van der Waals surface area contributed by atoms with Crippen molar-refractivity contribution >= 4 is 11.4 Å². The molecule has 0 aliphatic carbocycles. The molecule has 59 heavy (non-hydrogen) atoms. The van der Waals surface area contributed by atoms with E-state index in [1.807, 2.05) is 0 Å². The molecule has 0 atom stereocenters. The fraction of sp³-hybridized carbons (Fsp3) is 0.719. The maximum Gasteiger partial charge on any atom is 0.211 e. The van der Waals surface area contributed by atoms with E-state index in [0.29, 0.717) is 0 Å². The van der Waals surface area contributed by atoms with E-state index in [9.17, 15) is 5.53 Å². The van der Waals surface area contributed by atoms with Gasteiger partial charge in [-0.2, -0.15) is 0 Å². The Morgan fingerprint density at radius 2 is 0.576 bits per heavy atom. The highest BCUT2D eigenvalue weighted by atomic mass is 15.2. The Kier molecular flexibility index (Phi) is 29.4. The van der Waals surface area contributed by atoms with Gasteiger partial charge in [-0.15, -0.1) is 0 Å². The van der Waals surface area contributed by atoms with Gasteiger partial charge in [0, 0.05) is 22.3 Å². The Bertz CT molecular complexity index is 1430. The predicted octanol–water partition coefficient (Wildman–Crippen LogP) is 19.7. The summed E-state index contributed by atoms with van der Waals surface area (Å²) in [4.78, 5) is 0. The van der Waals surface area contributed by atoms with Gasteiger partial charge < -0.3 is 5.53 Å². The van der Waals surface area contributed by atoms with Gasteiger partial charge in [0.1, 0.15) is 0 Å². The number of rotatable bonds is 39. The zero-order valence-corrected chi connectivity index (χ0v) is 39.7. The van der Waals surface area contributed by atoms with Gasteiger partial charge in [-0.05, 0) is 86.8 Å². The SMILES string of the molecule is CCCCCCCCCCCCCCCCCCCC1=C(c2cccc(CCCCCCCC)c2)[N+](=[N-])C(c2cccc(CCCCCCCC)c2)=C1CCCCCC. The Morgan fingerprint density at radius 3 is 0.881 bits per heavy atom. The molecule has 2 aromatic rings. The second kappa shape index (κ2) is 34.1. The average Bonchev–Trinajstić information content (AvgIpc) is 3.53. The standard InChI is InChI=1S/C57H94N2/c1-5-9-13-17-20-21-22-23-24-25-26-27-28-29-30-33-37-47-55-54(46-36-16-12-8-4)56(52-44-38-42-50(48-52)40-34-31-18-14-10-6-2)59(58)57(55)53-45-39-43-51(49-53)41-35-32-19-15-11-7-3/h38-39,42-45,48-49H,5-37,40-41,46-47H2,1-4H3. The lowest BCUT2D eigenvalue weighted by Gasteiger charge is -2.12. The lowest BCUT2D eigenvalue weighted by molar-refractivity contribution is -0.345. The molecule has 2 aromatic carbocycles. The van der Waals surface area contributed by atoms with Crippen molar-refractivity contribution in [3.8, 4) is 0 Å². The molecule has 332 valence electrons. The summed E-state index contributed by atoms with van der Waals surface area (Å²) in [7, 11) is 0. The minimum Gasteiger partial charge on any atom is -0.493 e. The molecule has 0 saturated carbocycles. The van der Waals surface area contributed by atoms with Crippen molar-refractivity contribution in [1.29, 1.82) is 0 Å². The summed E-state index contributed by atoms with van der Waals surface area (Å²) in [5.74, 6) is 0. The number of hydrogen-bond acceptors (Lipinski definition) is 0. The van der Waals surface area contributed by atoms with Crippen LogP contribution in [0.1, 0.15) is 275 Å². The first kappa shape index (κ1) is 50.9. The van der Waals surface area contributed by atoms with Crippen LogP contribution in [0.15, 0.2) is 59.7 Å². The molecule has 2 heteroatoms. The van der Waals surface area contributed by atoms with Gasteiger partial charge in [-0.25, -0.2) is 4.70 Å².